The van der Waals surface area contributed by atoms with Crippen LogP contribution in [0.3, 0.4) is 0 Å². The van der Waals surface area contributed by atoms with Gasteiger partial charge in [0.25, 0.3) is 0 Å². The molecule has 2 rings (SSSR count). The third-order valence-corrected chi connectivity index (χ3v) is 3.64. The molecule has 1 atom stereocenters. The van der Waals surface area contributed by atoms with Gasteiger partial charge in [0, 0.05) is 6.42 Å². The molecule has 0 radical (unpaired) electrons. The van der Waals surface area contributed by atoms with Crippen LogP contribution >= 0.6 is 11.3 Å². The lowest BCUT2D eigenvalue weighted by atomic mass is 10.1. The summed E-state index contributed by atoms with van der Waals surface area (Å²) in [4.78, 5) is 0. The first-order valence-corrected chi connectivity index (χ1v) is 7.03. The lowest BCUT2D eigenvalue weighted by Gasteiger charge is -2.11. The number of aliphatic hydroxyl groups excluding tert-OH is 1. The third-order valence-electron chi connectivity index (χ3n) is 2.91. The van der Waals surface area contributed by atoms with Crippen molar-refractivity contribution in [3.05, 3.63) is 51.7 Å². The summed E-state index contributed by atoms with van der Waals surface area (Å²) in [6, 6.07) is 7.95. The van der Waals surface area contributed by atoms with Gasteiger partial charge >= 0.3 is 0 Å². The molecule has 0 spiro atoms. The second-order valence-corrected chi connectivity index (χ2v) is 5.21. The van der Waals surface area contributed by atoms with Crippen LogP contribution in [0.1, 0.15) is 29.7 Å². The van der Waals surface area contributed by atoms with Gasteiger partial charge in [-0.05, 0) is 59.5 Å². The van der Waals surface area contributed by atoms with Gasteiger partial charge < -0.3 is 9.84 Å². The van der Waals surface area contributed by atoms with Crippen LogP contribution in [0.15, 0.2) is 35.0 Å². The van der Waals surface area contributed by atoms with Gasteiger partial charge in [0.15, 0.2) is 0 Å². The molecule has 1 aromatic carbocycles. The molecule has 0 amide bonds. The third kappa shape index (κ3) is 3.34. The Morgan fingerprint density at radius 1 is 1.33 bits per heavy atom. The van der Waals surface area contributed by atoms with Gasteiger partial charge in [-0.2, -0.15) is 11.3 Å². The molecule has 0 saturated carbocycles. The highest BCUT2D eigenvalue weighted by atomic mass is 32.1. The highest BCUT2D eigenvalue weighted by molar-refractivity contribution is 7.07. The Balaban J connectivity index is 1.93. The Hall–Kier alpha value is -1.32. The molecule has 1 N–H and O–H groups in total. The minimum absolute atomic E-state index is 0.427. The normalized spacial score (nSPS) is 12.4. The summed E-state index contributed by atoms with van der Waals surface area (Å²) in [6.45, 7) is 4.46. The molecule has 0 fully saturated rings. The van der Waals surface area contributed by atoms with E-state index in [4.69, 9.17) is 4.74 Å². The van der Waals surface area contributed by atoms with Crippen LogP contribution in [0.5, 0.6) is 5.75 Å². The summed E-state index contributed by atoms with van der Waals surface area (Å²) < 4.78 is 5.77. The Morgan fingerprint density at radius 3 is 2.78 bits per heavy atom. The number of rotatable bonds is 5. The van der Waals surface area contributed by atoms with E-state index in [0.717, 1.165) is 23.3 Å². The van der Waals surface area contributed by atoms with E-state index in [1.54, 1.807) is 18.3 Å². The maximum atomic E-state index is 9.50. The van der Waals surface area contributed by atoms with E-state index in [1.807, 2.05) is 25.1 Å². The van der Waals surface area contributed by atoms with Crippen LogP contribution < -0.4 is 4.74 Å². The van der Waals surface area contributed by atoms with Gasteiger partial charge in [-0.25, -0.2) is 0 Å². The van der Waals surface area contributed by atoms with Crippen molar-refractivity contribution in [1.29, 1.82) is 0 Å². The van der Waals surface area contributed by atoms with E-state index >= 15 is 0 Å². The predicted octanol–water partition coefficient (Wildman–Crippen LogP) is 3.73. The molecular weight excluding hydrogens is 244 g/mol. The molecule has 2 aromatic rings. The van der Waals surface area contributed by atoms with E-state index in [-0.39, 0.29) is 0 Å². The van der Waals surface area contributed by atoms with Crippen LogP contribution in [0, 0.1) is 6.92 Å². The Kier molecular flexibility index (Phi) is 4.39. The number of aryl methyl sites for hydroxylation is 1. The van der Waals surface area contributed by atoms with Crippen LogP contribution in [-0.4, -0.2) is 11.7 Å². The van der Waals surface area contributed by atoms with E-state index in [1.165, 1.54) is 5.56 Å². The van der Waals surface area contributed by atoms with Crippen LogP contribution in [0.4, 0.5) is 0 Å². The van der Waals surface area contributed by atoms with Crippen molar-refractivity contribution in [1.82, 2.24) is 0 Å². The van der Waals surface area contributed by atoms with E-state index < -0.39 is 6.10 Å². The Morgan fingerprint density at radius 2 is 2.17 bits per heavy atom. The molecule has 0 aliphatic heterocycles. The topological polar surface area (TPSA) is 29.5 Å². The Labute approximate surface area is 112 Å². The molecule has 0 aliphatic carbocycles. The molecule has 1 heterocycles. The number of benzene rings is 1. The SMILES string of the molecule is Cc1cc([C@@H](C)O)ccc1OCCc1ccsc1. The maximum absolute atomic E-state index is 9.50. The number of hydrogen-bond acceptors (Lipinski definition) is 3. The molecule has 0 bridgehead atoms. The lowest BCUT2D eigenvalue weighted by Crippen LogP contribution is -2.02. The number of hydrogen-bond donors (Lipinski definition) is 1. The largest absolute Gasteiger partial charge is 0.493 e. The molecule has 96 valence electrons. The zero-order valence-corrected chi connectivity index (χ0v) is 11.5. The summed E-state index contributed by atoms with van der Waals surface area (Å²) in [5.74, 6) is 0.898. The number of aliphatic hydroxyl groups is 1. The first kappa shape index (κ1) is 13.1. The van der Waals surface area contributed by atoms with Crippen LogP contribution in [0.2, 0.25) is 0 Å². The summed E-state index contributed by atoms with van der Waals surface area (Å²) in [5, 5.41) is 13.7. The number of thiophene rings is 1. The van der Waals surface area contributed by atoms with Crippen molar-refractivity contribution in [2.45, 2.75) is 26.4 Å². The quantitative estimate of drug-likeness (QED) is 0.889. The summed E-state index contributed by atoms with van der Waals surface area (Å²) in [7, 11) is 0. The highest BCUT2D eigenvalue weighted by Crippen LogP contribution is 2.22. The van der Waals surface area contributed by atoms with Gasteiger partial charge in [-0.3, -0.25) is 0 Å². The number of ether oxygens (including phenoxy) is 1. The van der Waals surface area contributed by atoms with E-state index in [0.29, 0.717) is 6.61 Å². The van der Waals surface area contributed by atoms with Gasteiger partial charge in [-0.1, -0.05) is 6.07 Å². The van der Waals surface area contributed by atoms with E-state index in [2.05, 4.69) is 16.8 Å². The fourth-order valence-corrected chi connectivity index (χ4v) is 2.51. The average Bonchev–Trinajstić information content (AvgIpc) is 2.84. The minimum atomic E-state index is -0.427. The molecule has 2 nitrogen and oxygen atoms in total. The van der Waals surface area contributed by atoms with Crippen molar-refractivity contribution in [2.24, 2.45) is 0 Å². The average molecular weight is 262 g/mol. The molecule has 0 aliphatic rings. The van der Waals surface area contributed by atoms with Gasteiger partial charge in [-0.15, -0.1) is 0 Å². The minimum Gasteiger partial charge on any atom is -0.493 e. The zero-order valence-electron chi connectivity index (χ0n) is 10.7. The molecular formula is C15H18O2S. The smallest absolute Gasteiger partial charge is 0.122 e. The summed E-state index contributed by atoms with van der Waals surface area (Å²) in [5.41, 5.74) is 3.31. The first-order valence-electron chi connectivity index (χ1n) is 6.09. The van der Waals surface area contributed by atoms with Gasteiger partial charge in [0.1, 0.15) is 5.75 Å². The van der Waals surface area contributed by atoms with Crippen molar-refractivity contribution in [3.8, 4) is 5.75 Å². The molecule has 0 unspecified atom stereocenters. The molecule has 18 heavy (non-hydrogen) atoms. The van der Waals surface area contributed by atoms with Crippen LogP contribution in [0.25, 0.3) is 0 Å². The Bertz CT molecular complexity index is 489. The van der Waals surface area contributed by atoms with Crippen molar-refractivity contribution < 1.29 is 9.84 Å². The zero-order chi connectivity index (χ0) is 13.0. The van der Waals surface area contributed by atoms with E-state index in [9.17, 15) is 5.11 Å². The lowest BCUT2D eigenvalue weighted by molar-refractivity contribution is 0.199. The summed E-state index contributed by atoms with van der Waals surface area (Å²) >= 11 is 1.71. The molecule has 0 saturated heterocycles. The van der Waals surface area contributed by atoms with Crippen molar-refractivity contribution in [2.75, 3.05) is 6.61 Å². The highest BCUT2D eigenvalue weighted by Gasteiger charge is 2.05. The van der Waals surface area contributed by atoms with Gasteiger partial charge in [0.2, 0.25) is 0 Å². The van der Waals surface area contributed by atoms with Crippen LogP contribution in [-0.2, 0) is 6.42 Å². The monoisotopic (exact) mass is 262 g/mol. The summed E-state index contributed by atoms with van der Waals surface area (Å²) in [6.07, 6.45) is 0.504. The fraction of sp³-hybridized carbons (Fsp3) is 0.333. The van der Waals surface area contributed by atoms with Gasteiger partial charge in [0.05, 0.1) is 12.7 Å². The molecule has 1 aromatic heterocycles. The van der Waals surface area contributed by atoms with Crippen molar-refractivity contribution >= 4 is 11.3 Å². The first-order chi connectivity index (χ1) is 8.66. The standard InChI is InChI=1S/C15H18O2S/c1-11-9-14(12(2)16)3-4-15(11)17-7-5-13-6-8-18-10-13/h3-4,6,8-10,12,16H,5,7H2,1-2H3/t12-/m1/s1. The predicted molar refractivity (Wildman–Crippen MR) is 75.3 cm³/mol. The second kappa shape index (κ2) is 6.03. The molecule has 3 heteroatoms. The second-order valence-electron chi connectivity index (χ2n) is 4.43. The fourth-order valence-electron chi connectivity index (χ4n) is 1.81. The maximum Gasteiger partial charge on any atom is 0.122 e. The van der Waals surface area contributed by atoms with Crippen molar-refractivity contribution in [3.63, 3.8) is 0 Å².